The summed E-state index contributed by atoms with van der Waals surface area (Å²) in [6, 6.07) is 10.9. The Bertz CT molecular complexity index is 747. The first-order chi connectivity index (χ1) is 10.6. The van der Waals surface area contributed by atoms with Crippen molar-refractivity contribution in [3.63, 3.8) is 0 Å². The van der Waals surface area contributed by atoms with Gasteiger partial charge in [0, 0.05) is 6.20 Å². The lowest BCUT2D eigenvalue weighted by molar-refractivity contribution is -0.118. The van der Waals surface area contributed by atoms with Crippen LogP contribution in [0.1, 0.15) is 5.56 Å². The van der Waals surface area contributed by atoms with E-state index < -0.39 is 16.0 Å². The molecule has 22 heavy (non-hydrogen) atoms. The van der Waals surface area contributed by atoms with Crippen molar-refractivity contribution in [3.05, 3.63) is 60.0 Å². The summed E-state index contributed by atoms with van der Waals surface area (Å²) < 4.78 is 25.3. The summed E-state index contributed by atoms with van der Waals surface area (Å²) in [5.74, 6) is -0.316. The lowest BCUT2D eigenvalue weighted by atomic mass is 10.1. The number of carbonyl (C=O) groups excluding carboxylic acids is 1. The van der Waals surface area contributed by atoms with Crippen molar-refractivity contribution in [2.45, 2.75) is 11.7 Å². The number of halogens is 1. The highest BCUT2D eigenvalue weighted by molar-refractivity contribution is 8.02. The smallest absolute Gasteiger partial charge is 0.242 e. The van der Waals surface area contributed by atoms with Gasteiger partial charge in [-0.3, -0.25) is 9.00 Å². The maximum atomic E-state index is 12.9. The number of nitrogens with zero attached hydrogens (tertiary/aromatic N) is 2. The number of benzene rings is 1. The van der Waals surface area contributed by atoms with E-state index in [1.54, 1.807) is 36.5 Å². The van der Waals surface area contributed by atoms with Gasteiger partial charge in [0.15, 0.2) is 5.82 Å². The Kier molecular flexibility index (Phi) is 4.06. The van der Waals surface area contributed by atoms with Crippen LogP contribution >= 0.6 is 0 Å². The van der Waals surface area contributed by atoms with E-state index in [0.717, 1.165) is 5.56 Å². The molecule has 1 aromatic carbocycles. The monoisotopic (exact) mass is 317 g/mol. The van der Waals surface area contributed by atoms with Crippen LogP contribution in [0, 0.1) is 5.82 Å². The van der Waals surface area contributed by atoms with Crippen LogP contribution in [0.5, 0.6) is 0 Å². The van der Waals surface area contributed by atoms with Crippen molar-refractivity contribution < 1.29 is 13.4 Å². The van der Waals surface area contributed by atoms with Gasteiger partial charge >= 0.3 is 0 Å². The molecule has 2 heterocycles. The number of hydrogen-bond acceptors (Lipinski definition) is 4. The molecule has 1 N–H and O–H groups in total. The van der Waals surface area contributed by atoms with E-state index in [2.05, 4.69) is 15.3 Å². The van der Waals surface area contributed by atoms with Gasteiger partial charge in [0.2, 0.25) is 11.1 Å². The quantitative estimate of drug-likeness (QED) is 0.936. The first-order valence-corrected chi connectivity index (χ1v) is 7.80. The molecule has 0 spiro atoms. The lowest BCUT2D eigenvalue weighted by Gasteiger charge is -2.05. The number of pyridine rings is 1. The summed E-state index contributed by atoms with van der Waals surface area (Å²) in [5, 5.41) is 1.91. The van der Waals surface area contributed by atoms with Gasteiger partial charge in [-0.2, -0.15) is 0 Å². The van der Waals surface area contributed by atoms with Crippen LogP contribution in [-0.4, -0.2) is 25.5 Å². The zero-order chi connectivity index (χ0) is 15.5. The van der Waals surface area contributed by atoms with Crippen LogP contribution in [0.15, 0.2) is 53.7 Å². The van der Waals surface area contributed by atoms with Crippen molar-refractivity contribution in [1.29, 1.82) is 0 Å². The predicted molar refractivity (Wildman–Crippen MR) is 81.5 cm³/mol. The molecule has 1 aliphatic heterocycles. The second-order valence-corrected chi connectivity index (χ2v) is 6.26. The van der Waals surface area contributed by atoms with Gasteiger partial charge in [-0.15, -0.1) is 0 Å². The van der Waals surface area contributed by atoms with E-state index in [0.29, 0.717) is 5.82 Å². The Hall–Kier alpha value is -2.41. The van der Waals surface area contributed by atoms with Crippen molar-refractivity contribution in [3.8, 4) is 0 Å². The molecular formula is C15H12FN3O2S. The average Bonchev–Trinajstić information content (AvgIpc) is 2.78. The second kappa shape index (κ2) is 6.15. The highest BCUT2D eigenvalue weighted by Gasteiger charge is 2.37. The third-order valence-electron chi connectivity index (χ3n) is 3.17. The van der Waals surface area contributed by atoms with Gasteiger partial charge in [0.1, 0.15) is 21.9 Å². The molecule has 1 amide bonds. The molecule has 7 heteroatoms. The molecule has 0 bridgehead atoms. The maximum absolute atomic E-state index is 12.9. The number of nitrogens with one attached hydrogen (secondary N) is 1. The summed E-state index contributed by atoms with van der Waals surface area (Å²) in [5.41, 5.74) is 0.744. The zero-order valence-corrected chi connectivity index (χ0v) is 12.2. The standard InChI is InChI=1S/C15H12FN3O2S/c16-11-6-4-10(5-7-11)9-12-14(20)19-15(22(12)21)18-13-3-1-2-8-17-13/h1-8,12H,9H2,(H,17,18,19,20). The summed E-state index contributed by atoms with van der Waals surface area (Å²) >= 11 is 0. The van der Waals surface area contributed by atoms with E-state index in [4.69, 9.17) is 0 Å². The molecular weight excluding hydrogens is 305 g/mol. The number of rotatable bonds is 3. The van der Waals surface area contributed by atoms with Crippen molar-refractivity contribution in [2.75, 3.05) is 0 Å². The fourth-order valence-corrected chi connectivity index (χ4v) is 3.32. The van der Waals surface area contributed by atoms with Crippen LogP contribution < -0.4 is 5.32 Å². The second-order valence-electron chi connectivity index (χ2n) is 4.71. The molecule has 0 radical (unpaired) electrons. The SMILES string of the molecule is O=C1NC(=Nc2ccccn2)S(=O)C1Cc1ccc(F)cc1. The topological polar surface area (TPSA) is 71.4 Å². The zero-order valence-electron chi connectivity index (χ0n) is 11.4. The van der Waals surface area contributed by atoms with E-state index in [1.807, 2.05) is 0 Å². The van der Waals surface area contributed by atoms with Gasteiger partial charge in [-0.1, -0.05) is 18.2 Å². The first-order valence-electron chi connectivity index (χ1n) is 6.59. The lowest BCUT2D eigenvalue weighted by Crippen LogP contribution is -2.26. The predicted octanol–water partition coefficient (Wildman–Crippen LogP) is 1.70. The van der Waals surface area contributed by atoms with E-state index in [9.17, 15) is 13.4 Å². The molecule has 1 aromatic heterocycles. The molecule has 1 aliphatic rings. The maximum Gasteiger partial charge on any atom is 0.242 e. The number of carbonyl (C=O) groups is 1. The van der Waals surface area contributed by atoms with E-state index in [1.165, 1.54) is 12.1 Å². The number of hydrogen-bond donors (Lipinski definition) is 1. The molecule has 3 rings (SSSR count). The Morgan fingerprint density at radius 2 is 2.00 bits per heavy atom. The Labute approximate surface area is 128 Å². The van der Waals surface area contributed by atoms with Gasteiger partial charge in [0.05, 0.1) is 0 Å². The van der Waals surface area contributed by atoms with Crippen LogP contribution in [0.25, 0.3) is 0 Å². The molecule has 112 valence electrons. The Balaban J connectivity index is 1.80. The minimum Gasteiger partial charge on any atom is -0.302 e. The van der Waals surface area contributed by atoms with Gasteiger partial charge in [-0.05, 0) is 36.2 Å². The summed E-state index contributed by atoms with van der Waals surface area (Å²) in [4.78, 5) is 20.1. The molecule has 2 aromatic rings. The number of aliphatic imine (C=N–C) groups is 1. The highest BCUT2D eigenvalue weighted by Crippen LogP contribution is 2.17. The summed E-state index contributed by atoms with van der Waals surface area (Å²) in [6.07, 6.45) is 1.83. The van der Waals surface area contributed by atoms with Gasteiger partial charge in [0.25, 0.3) is 0 Å². The summed E-state index contributed by atoms with van der Waals surface area (Å²) in [7, 11) is -1.58. The summed E-state index contributed by atoms with van der Waals surface area (Å²) in [6.45, 7) is 0. The fourth-order valence-electron chi connectivity index (χ4n) is 2.07. The molecule has 5 nitrogen and oxygen atoms in total. The van der Waals surface area contributed by atoms with Gasteiger partial charge < -0.3 is 5.32 Å². The minimum atomic E-state index is -1.58. The molecule has 1 saturated heterocycles. The number of amides is 1. The average molecular weight is 317 g/mol. The fraction of sp³-hybridized carbons (Fsp3) is 0.133. The molecule has 1 fully saturated rings. The van der Waals surface area contributed by atoms with E-state index in [-0.39, 0.29) is 23.3 Å². The Morgan fingerprint density at radius 3 is 2.68 bits per heavy atom. The largest absolute Gasteiger partial charge is 0.302 e. The van der Waals surface area contributed by atoms with Crippen molar-refractivity contribution in [2.24, 2.45) is 4.99 Å². The van der Waals surface area contributed by atoms with Crippen LogP contribution in [-0.2, 0) is 22.0 Å². The van der Waals surface area contributed by atoms with Crippen LogP contribution in [0.4, 0.5) is 10.2 Å². The first kappa shape index (κ1) is 14.5. The van der Waals surface area contributed by atoms with Crippen molar-refractivity contribution in [1.82, 2.24) is 10.3 Å². The van der Waals surface area contributed by atoms with Crippen LogP contribution in [0.2, 0.25) is 0 Å². The van der Waals surface area contributed by atoms with Crippen LogP contribution in [0.3, 0.4) is 0 Å². The van der Waals surface area contributed by atoms with Crippen molar-refractivity contribution >= 4 is 27.7 Å². The van der Waals surface area contributed by atoms with Gasteiger partial charge in [-0.25, -0.2) is 14.4 Å². The number of aromatic nitrogens is 1. The number of amidine groups is 1. The third kappa shape index (κ3) is 3.09. The highest BCUT2D eigenvalue weighted by atomic mass is 32.2. The third-order valence-corrected chi connectivity index (χ3v) is 4.64. The molecule has 0 aliphatic carbocycles. The van der Waals surface area contributed by atoms with E-state index >= 15 is 0 Å². The molecule has 2 atom stereocenters. The normalized spacial score (nSPS) is 22.8. The molecule has 2 unspecified atom stereocenters. The minimum absolute atomic E-state index is 0.107. The molecule has 0 saturated carbocycles. The Morgan fingerprint density at radius 1 is 1.23 bits per heavy atom.